The number of carbonyl (C=O) groups is 2. The molecule has 1 aliphatic carbocycles. The quantitative estimate of drug-likeness (QED) is 0.0504. The Bertz CT molecular complexity index is 3300. The summed E-state index contributed by atoms with van der Waals surface area (Å²) < 4.78 is 71.5. The van der Waals surface area contributed by atoms with Gasteiger partial charge in [0.15, 0.2) is 0 Å². The summed E-state index contributed by atoms with van der Waals surface area (Å²) in [5, 5.41) is 31.3. The van der Waals surface area contributed by atoms with E-state index in [1.54, 1.807) is 24.3 Å². The molecule has 0 aromatic heterocycles. The van der Waals surface area contributed by atoms with E-state index in [1.165, 1.54) is 38.1 Å². The molecule has 0 heterocycles. The first-order valence-electron chi connectivity index (χ1n) is 28.9. The highest BCUT2D eigenvalue weighted by molar-refractivity contribution is 7.89. The Morgan fingerprint density at radius 3 is 0.917 bits per heavy atom. The van der Waals surface area contributed by atoms with E-state index in [2.05, 4.69) is 152 Å². The van der Waals surface area contributed by atoms with E-state index in [4.69, 9.17) is 9.47 Å². The van der Waals surface area contributed by atoms with Crippen LogP contribution in [-0.2, 0) is 77.0 Å². The monoisotopic (exact) mass is 1180 g/mol. The molecule has 6 aromatic rings. The van der Waals surface area contributed by atoms with E-state index < -0.39 is 43.9 Å². The number of phenols is 2. The molecular formula is C68H88N4O10S2. The fraction of sp³-hybridized carbons (Fsp3) is 0.441. The summed E-state index contributed by atoms with van der Waals surface area (Å²) in [4.78, 5) is 27.1. The van der Waals surface area contributed by atoms with Crippen molar-refractivity contribution < 1.29 is 46.1 Å². The van der Waals surface area contributed by atoms with E-state index in [9.17, 15) is 36.6 Å². The summed E-state index contributed by atoms with van der Waals surface area (Å²) in [6, 6.07) is 27.3. The van der Waals surface area contributed by atoms with E-state index in [1.807, 2.05) is 13.8 Å². The molecule has 0 fully saturated rings. The van der Waals surface area contributed by atoms with Crippen LogP contribution in [0.2, 0.25) is 0 Å². The number of benzene rings is 6. The van der Waals surface area contributed by atoms with E-state index in [0.717, 1.165) is 55.6 Å². The van der Waals surface area contributed by atoms with Crippen molar-refractivity contribution in [2.75, 3.05) is 26.3 Å². The third-order valence-corrected chi connectivity index (χ3v) is 18.5. The number of rotatable bonds is 16. The van der Waals surface area contributed by atoms with Crippen molar-refractivity contribution in [1.29, 1.82) is 0 Å². The van der Waals surface area contributed by atoms with Crippen molar-refractivity contribution in [3.8, 4) is 23.0 Å². The molecule has 7 rings (SSSR count). The summed E-state index contributed by atoms with van der Waals surface area (Å²) in [7, 11) is -7.97. The molecule has 8 bridgehead atoms. The summed E-state index contributed by atoms with van der Waals surface area (Å²) in [5.41, 5.74) is 10.2. The zero-order valence-corrected chi connectivity index (χ0v) is 53.7. The van der Waals surface area contributed by atoms with Gasteiger partial charge in [-0.1, -0.05) is 167 Å². The predicted octanol–water partition coefficient (Wildman–Crippen LogP) is 11.3. The zero-order valence-electron chi connectivity index (χ0n) is 52.0. The van der Waals surface area contributed by atoms with Crippen molar-refractivity contribution in [3.63, 3.8) is 0 Å². The number of carbonyl (C=O) groups excluding carboxylic acids is 2. The number of ether oxygens (including phenoxy) is 2. The Morgan fingerprint density at radius 1 is 0.440 bits per heavy atom. The van der Waals surface area contributed by atoms with Crippen LogP contribution in [0, 0.1) is 13.8 Å². The van der Waals surface area contributed by atoms with Gasteiger partial charge in [-0.2, -0.15) is 9.44 Å². The average Bonchev–Trinajstić information content (AvgIpc) is 3.45. The van der Waals surface area contributed by atoms with Gasteiger partial charge >= 0.3 is 0 Å². The third-order valence-electron chi connectivity index (χ3n) is 15.4. The normalized spacial score (nSPS) is 14.1. The molecule has 2 atom stereocenters. The lowest BCUT2D eigenvalue weighted by Crippen LogP contribution is -2.45. The van der Waals surface area contributed by atoms with Crippen LogP contribution in [0.1, 0.15) is 175 Å². The molecule has 1 aliphatic rings. The number of aromatic hydroxyl groups is 2. The minimum absolute atomic E-state index is 0.0135. The largest absolute Gasteiger partial charge is 0.507 e. The van der Waals surface area contributed by atoms with Crippen LogP contribution in [-0.4, -0.2) is 77.2 Å². The van der Waals surface area contributed by atoms with Crippen molar-refractivity contribution in [1.82, 2.24) is 20.1 Å². The predicted molar refractivity (Wildman–Crippen MR) is 334 cm³/mol. The lowest BCUT2D eigenvalue weighted by Gasteiger charge is -2.28. The second-order valence-corrected chi connectivity index (χ2v) is 30.3. The number of amides is 2. The maximum Gasteiger partial charge on any atom is 0.241 e. The van der Waals surface area contributed by atoms with Crippen LogP contribution < -0.4 is 29.6 Å². The Morgan fingerprint density at radius 2 is 0.679 bits per heavy atom. The molecule has 0 saturated heterocycles. The number of nitrogens with one attached hydrogen (secondary N) is 4. The Balaban J connectivity index is 1.32. The summed E-state index contributed by atoms with van der Waals surface area (Å²) >= 11 is 0. The SMILES string of the molecule is Cc1ccc(S(=O)(=O)N[C@H](C)C(=O)NCCOc2c3cc(C(C)(C)C)cc2Cc2cc(C(C)(C)C)cc(c2O)Cc2cc(C(C)(C)C)cc(c2OCCNC(=O)[C@@H](C)NS(=O)(=O)c2ccc(C)cc2)Cc2cc(C(C)(C)C)cc(c2O)C3)cc1. The molecule has 16 heteroatoms. The molecule has 6 aromatic carbocycles. The molecule has 14 nitrogen and oxygen atoms in total. The lowest BCUT2D eigenvalue weighted by molar-refractivity contribution is -0.123. The average molecular weight is 1190 g/mol. The molecular weight excluding hydrogens is 1100 g/mol. The first-order chi connectivity index (χ1) is 38.9. The molecule has 84 heavy (non-hydrogen) atoms. The van der Waals surface area contributed by atoms with Gasteiger partial charge in [0, 0.05) is 25.7 Å². The van der Waals surface area contributed by atoms with Crippen LogP contribution in [0.4, 0.5) is 0 Å². The van der Waals surface area contributed by atoms with Crippen LogP contribution in [0.25, 0.3) is 0 Å². The first kappa shape index (κ1) is 64.8. The van der Waals surface area contributed by atoms with Gasteiger partial charge in [0.05, 0.1) is 35.0 Å². The highest BCUT2D eigenvalue weighted by Gasteiger charge is 2.30. The van der Waals surface area contributed by atoms with Gasteiger partial charge in [-0.3, -0.25) is 9.59 Å². The smallest absolute Gasteiger partial charge is 0.241 e. The third kappa shape index (κ3) is 16.0. The van der Waals surface area contributed by atoms with Gasteiger partial charge < -0.3 is 30.3 Å². The second kappa shape index (κ2) is 25.1. The number of sulfonamides is 2. The number of hydrogen-bond acceptors (Lipinski definition) is 10. The van der Waals surface area contributed by atoms with Gasteiger partial charge in [-0.15, -0.1) is 0 Å². The molecule has 0 unspecified atom stereocenters. The molecule has 452 valence electrons. The van der Waals surface area contributed by atoms with Crippen LogP contribution in [0.3, 0.4) is 0 Å². The van der Waals surface area contributed by atoms with Gasteiger partial charge in [0.2, 0.25) is 31.9 Å². The number of aryl methyl sites for hydroxylation is 2. The highest BCUT2D eigenvalue weighted by Crippen LogP contribution is 2.44. The lowest BCUT2D eigenvalue weighted by atomic mass is 9.79. The van der Waals surface area contributed by atoms with Gasteiger partial charge in [0.1, 0.15) is 36.2 Å². The molecule has 0 radical (unpaired) electrons. The molecule has 2 amide bonds. The Hall–Kier alpha value is -6.72. The molecule has 6 N–H and O–H groups in total. The van der Waals surface area contributed by atoms with Gasteiger partial charge in [-0.05, 0) is 140 Å². The molecule has 0 saturated carbocycles. The Kier molecular flexibility index (Phi) is 19.4. The minimum Gasteiger partial charge on any atom is -0.507 e. The van der Waals surface area contributed by atoms with Crippen LogP contribution >= 0.6 is 0 Å². The molecule has 0 spiro atoms. The standard InChI is InChI=1S/C68H88N4O10S2/c1-41-17-21-57(22-18-41)83(77,78)71-43(3)63(75)69-25-27-81-61-49-29-45-33-53(65(5,6)7)35-47(59(45)73)31-51-39-56(68(14,15)16)40-52(62(51)82-28-26-70-64(76)44(4)72-84(79,80)58-23-19-42(2)20-24-58)32-48-36-54(66(8,9)10)34-46(60(48)74)30-50(61)38-55(37-49)67(11,12)13/h17-24,33-40,43-44,71-74H,25-32H2,1-16H3,(H,69,75)(H,70,76)/t43-,44-/m1/s1. The van der Waals surface area contributed by atoms with E-state index >= 15 is 0 Å². The number of fused-ring (bicyclic) bond motifs is 8. The van der Waals surface area contributed by atoms with Crippen molar-refractivity contribution >= 4 is 31.9 Å². The molecule has 0 aliphatic heterocycles. The van der Waals surface area contributed by atoms with Crippen molar-refractivity contribution in [2.45, 2.75) is 180 Å². The van der Waals surface area contributed by atoms with Crippen molar-refractivity contribution in [2.24, 2.45) is 0 Å². The van der Waals surface area contributed by atoms with Gasteiger partial charge in [0.25, 0.3) is 0 Å². The van der Waals surface area contributed by atoms with E-state index in [-0.39, 0.29) is 94.9 Å². The fourth-order valence-corrected chi connectivity index (χ4v) is 12.5. The number of phenolic OH excluding ortho intramolecular Hbond substituents is 2. The summed E-state index contributed by atoms with van der Waals surface area (Å²) in [6.07, 6.45) is 0.978. The summed E-state index contributed by atoms with van der Waals surface area (Å²) in [5.74, 6) is 0.250. The number of hydrogen-bond donors (Lipinski definition) is 6. The van der Waals surface area contributed by atoms with Crippen molar-refractivity contribution in [3.05, 3.63) is 175 Å². The van der Waals surface area contributed by atoms with E-state index in [0.29, 0.717) is 33.8 Å². The van der Waals surface area contributed by atoms with Crippen LogP contribution in [0.5, 0.6) is 23.0 Å². The highest BCUT2D eigenvalue weighted by atomic mass is 32.2. The fourth-order valence-electron chi connectivity index (χ4n) is 10.1. The second-order valence-electron chi connectivity index (χ2n) is 26.8. The maximum atomic E-state index is 13.5. The first-order valence-corrected chi connectivity index (χ1v) is 31.9. The Labute approximate surface area is 499 Å². The van der Waals surface area contributed by atoms with Gasteiger partial charge in [-0.25, -0.2) is 16.8 Å². The zero-order chi connectivity index (χ0) is 62.1. The topological polar surface area (TPSA) is 209 Å². The maximum absolute atomic E-state index is 13.5. The van der Waals surface area contributed by atoms with Crippen LogP contribution in [0.15, 0.2) is 107 Å². The minimum atomic E-state index is -3.99. The summed E-state index contributed by atoms with van der Waals surface area (Å²) in [6.45, 7) is 32.5.